The third-order valence-electron chi connectivity index (χ3n) is 14.0. The van der Waals surface area contributed by atoms with Crippen LogP contribution in [0.5, 0.6) is 0 Å². The van der Waals surface area contributed by atoms with Gasteiger partial charge < -0.3 is 13.7 Å². The van der Waals surface area contributed by atoms with Gasteiger partial charge >= 0.3 is 0 Å². The fraction of sp³-hybridized carbons (Fsp3) is 0. The van der Waals surface area contributed by atoms with Crippen molar-refractivity contribution in [1.82, 2.24) is 0 Å². The van der Waals surface area contributed by atoms with Crippen molar-refractivity contribution in [2.45, 2.75) is 0 Å². The molecule has 0 aliphatic carbocycles. The maximum Gasteiger partial charge on any atom is 0.143 e. The molecule has 12 aromatic carbocycles. The molecule has 14 rings (SSSR count). The number of nitrogens with zero attached hydrogens (tertiary/aromatic N) is 1. The van der Waals surface area contributed by atoms with E-state index in [1.54, 1.807) is 0 Å². The second-order valence-electron chi connectivity index (χ2n) is 18.0. The summed E-state index contributed by atoms with van der Waals surface area (Å²) in [6.07, 6.45) is 0. The average molecular weight is 880 g/mol. The summed E-state index contributed by atoms with van der Waals surface area (Å²) in [5.41, 5.74) is 15.9. The van der Waals surface area contributed by atoms with Gasteiger partial charge in [0.2, 0.25) is 0 Å². The summed E-state index contributed by atoms with van der Waals surface area (Å²) in [6.45, 7) is 0. The Hall–Kier alpha value is -9.18. The standard InChI is InChI=1S/C66H41NO2/c1-4-19-52-45(14-1)39-48(40-61(52)60-27-13-26-59-57-23-8-10-29-64(57)69-66(59)60)43-32-36-50(37-33-43)67(62-41-47-15-2-3-18-51(47)54-20-5-6-21-55(54)62)49-34-30-42(31-35-49)44-16-11-17-46(38-44)53-24-12-25-58-56-22-7-9-28-63(56)68-65(53)58/h1-41H. The molecule has 0 amide bonds. The van der Waals surface area contributed by atoms with E-state index in [1.807, 2.05) is 18.2 Å². The van der Waals surface area contributed by atoms with Crippen molar-refractivity contribution in [3.63, 3.8) is 0 Å². The maximum atomic E-state index is 6.59. The summed E-state index contributed by atoms with van der Waals surface area (Å²) >= 11 is 0. The molecule has 0 radical (unpaired) electrons. The lowest BCUT2D eigenvalue weighted by Gasteiger charge is -2.28. The lowest BCUT2D eigenvalue weighted by Crippen LogP contribution is -2.10. The van der Waals surface area contributed by atoms with Crippen LogP contribution in [-0.2, 0) is 0 Å². The monoisotopic (exact) mass is 879 g/mol. The van der Waals surface area contributed by atoms with Crippen molar-refractivity contribution in [2.24, 2.45) is 0 Å². The van der Waals surface area contributed by atoms with Crippen LogP contribution in [-0.4, -0.2) is 0 Å². The largest absolute Gasteiger partial charge is 0.455 e. The molecule has 3 nitrogen and oxygen atoms in total. The first kappa shape index (κ1) is 39.0. The molecule has 0 atom stereocenters. The van der Waals surface area contributed by atoms with Gasteiger partial charge in [-0.15, -0.1) is 0 Å². The van der Waals surface area contributed by atoms with Gasteiger partial charge in [0.15, 0.2) is 0 Å². The molecule has 14 aromatic rings. The quantitative estimate of drug-likeness (QED) is 0.149. The zero-order chi connectivity index (χ0) is 45.4. The second-order valence-corrected chi connectivity index (χ2v) is 18.0. The van der Waals surface area contributed by atoms with Crippen LogP contribution >= 0.6 is 0 Å². The molecule has 0 saturated heterocycles. The lowest BCUT2D eigenvalue weighted by atomic mass is 9.92. The number of benzene rings is 12. The van der Waals surface area contributed by atoms with Crippen LogP contribution in [0.2, 0.25) is 0 Å². The van der Waals surface area contributed by atoms with Crippen molar-refractivity contribution in [3.8, 4) is 44.5 Å². The normalized spacial score (nSPS) is 11.8. The van der Waals surface area contributed by atoms with E-state index in [1.165, 1.54) is 32.3 Å². The molecule has 2 aromatic heterocycles. The molecule has 0 N–H and O–H groups in total. The van der Waals surface area contributed by atoms with Gasteiger partial charge in [0, 0.05) is 49.4 Å². The minimum atomic E-state index is 0.900. The number of hydrogen-bond acceptors (Lipinski definition) is 3. The van der Waals surface area contributed by atoms with E-state index < -0.39 is 0 Å². The van der Waals surface area contributed by atoms with Gasteiger partial charge in [0.25, 0.3) is 0 Å². The van der Waals surface area contributed by atoms with Gasteiger partial charge in [0.1, 0.15) is 22.3 Å². The fourth-order valence-corrected chi connectivity index (χ4v) is 10.8. The number of fused-ring (bicyclic) bond motifs is 10. The van der Waals surface area contributed by atoms with Crippen molar-refractivity contribution in [3.05, 3.63) is 249 Å². The topological polar surface area (TPSA) is 29.5 Å². The van der Waals surface area contributed by atoms with Crippen LogP contribution in [0.3, 0.4) is 0 Å². The number of para-hydroxylation sites is 4. The van der Waals surface area contributed by atoms with Gasteiger partial charge in [-0.3, -0.25) is 0 Å². The van der Waals surface area contributed by atoms with Crippen LogP contribution in [0.1, 0.15) is 0 Å². The molecule has 0 unspecified atom stereocenters. The Balaban J connectivity index is 0.882. The highest BCUT2D eigenvalue weighted by atomic mass is 16.3. The van der Waals surface area contributed by atoms with Crippen molar-refractivity contribution in [2.75, 3.05) is 4.90 Å². The molecule has 322 valence electrons. The number of furan rings is 2. The number of rotatable bonds is 7. The van der Waals surface area contributed by atoms with Crippen molar-refractivity contribution in [1.29, 1.82) is 0 Å². The molecule has 0 aliphatic heterocycles. The van der Waals surface area contributed by atoms with Crippen LogP contribution in [0.4, 0.5) is 17.1 Å². The van der Waals surface area contributed by atoms with E-state index in [-0.39, 0.29) is 0 Å². The van der Waals surface area contributed by atoms with E-state index in [4.69, 9.17) is 8.83 Å². The summed E-state index contributed by atoms with van der Waals surface area (Å²) in [5, 5.41) is 11.8. The highest BCUT2D eigenvalue weighted by Gasteiger charge is 2.20. The van der Waals surface area contributed by atoms with Crippen LogP contribution in [0, 0.1) is 0 Å². The zero-order valence-corrected chi connectivity index (χ0v) is 37.4. The Labute approximate surface area is 398 Å². The molecule has 0 spiro atoms. The molecule has 2 heterocycles. The summed E-state index contributed by atoms with van der Waals surface area (Å²) in [4.78, 5) is 2.41. The summed E-state index contributed by atoms with van der Waals surface area (Å²) < 4.78 is 13.0. The molecule has 69 heavy (non-hydrogen) atoms. The number of anilines is 3. The van der Waals surface area contributed by atoms with E-state index in [0.717, 1.165) is 105 Å². The number of hydrogen-bond donors (Lipinski definition) is 0. The predicted molar refractivity (Wildman–Crippen MR) is 290 cm³/mol. The summed E-state index contributed by atoms with van der Waals surface area (Å²) in [5.74, 6) is 0. The summed E-state index contributed by atoms with van der Waals surface area (Å²) in [6, 6.07) is 89.5. The van der Waals surface area contributed by atoms with Crippen molar-refractivity contribution >= 4 is 93.3 Å². The molecule has 0 aliphatic rings. The summed E-state index contributed by atoms with van der Waals surface area (Å²) in [7, 11) is 0. The molecular formula is C66H41NO2. The fourth-order valence-electron chi connectivity index (χ4n) is 10.8. The predicted octanol–water partition coefficient (Wildman–Crippen LogP) is 19.1. The van der Waals surface area contributed by atoms with Gasteiger partial charge in [-0.1, -0.05) is 188 Å². The molecular weight excluding hydrogens is 839 g/mol. The first-order valence-corrected chi connectivity index (χ1v) is 23.6. The maximum absolute atomic E-state index is 6.59. The van der Waals surface area contributed by atoms with Crippen LogP contribution in [0.25, 0.3) is 121 Å². The van der Waals surface area contributed by atoms with Gasteiger partial charge in [-0.05, 0) is 121 Å². The van der Waals surface area contributed by atoms with E-state index in [2.05, 4.69) is 235 Å². The lowest BCUT2D eigenvalue weighted by molar-refractivity contribution is 0.669. The molecule has 0 fully saturated rings. The highest BCUT2D eigenvalue weighted by molar-refractivity contribution is 6.16. The van der Waals surface area contributed by atoms with E-state index in [0.29, 0.717) is 0 Å². The third kappa shape index (κ3) is 6.43. The SMILES string of the molecule is c1cc(-c2ccc(N(c3ccc(-c4cc(-c5cccc6c5oc5ccccc56)c5ccccc5c4)cc3)c3cc4ccccc4c4ccccc34)cc2)cc(-c2cccc3c2oc2ccccc23)c1. The van der Waals surface area contributed by atoms with Gasteiger partial charge in [0.05, 0.1) is 5.69 Å². The van der Waals surface area contributed by atoms with E-state index >= 15 is 0 Å². The van der Waals surface area contributed by atoms with Gasteiger partial charge in [-0.2, -0.15) is 0 Å². The Morgan fingerprint density at radius 2 is 0.725 bits per heavy atom. The van der Waals surface area contributed by atoms with Crippen LogP contribution in [0.15, 0.2) is 258 Å². The molecule has 0 bridgehead atoms. The zero-order valence-electron chi connectivity index (χ0n) is 37.4. The average Bonchev–Trinajstić information content (AvgIpc) is 4.00. The molecule has 3 heteroatoms. The Morgan fingerprint density at radius 1 is 0.246 bits per heavy atom. The first-order valence-electron chi connectivity index (χ1n) is 23.6. The smallest absolute Gasteiger partial charge is 0.143 e. The first-order chi connectivity index (χ1) is 34.2. The Kier molecular flexibility index (Phi) is 8.90. The van der Waals surface area contributed by atoms with Gasteiger partial charge in [-0.25, -0.2) is 0 Å². The Morgan fingerprint density at radius 3 is 1.39 bits per heavy atom. The minimum absolute atomic E-state index is 0.900. The van der Waals surface area contributed by atoms with Crippen LogP contribution < -0.4 is 4.90 Å². The second kappa shape index (κ2) is 15.7. The molecule has 0 saturated carbocycles. The highest BCUT2D eigenvalue weighted by Crippen LogP contribution is 2.45. The third-order valence-corrected chi connectivity index (χ3v) is 14.0. The Bertz CT molecular complexity index is 4310. The minimum Gasteiger partial charge on any atom is -0.455 e. The van der Waals surface area contributed by atoms with E-state index in [9.17, 15) is 0 Å². The van der Waals surface area contributed by atoms with Crippen molar-refractivity contribution < 1.29 is 8.83 Å².